The van der Waals surface area contributed by atoms with Crippen molar-refractivity contribution in [3.63, 3.8) is 0 Å². The highest BCUT2D eigenvalue weighted by molar-refractivity contribution is 6.39. The Kier molecular flexibility index (Phi) is 3.68. The molecule has 21 heavy (non-hydrogen) atoms. The molecule has 0 bridgehead atoms. The van der Waals surface area contributed by atoms with Crippen molar-refractivity contribution in [2.45, 2.75) is 38.3 Å². The van der Waals surface area contributed by atoms with Crippen LogP contribution in [0.15, 0.2) is 29.4 Å². The van der Waals surface area contributed by atoms with Gasteiger partial charge in [0.15, 0.2) is 0 Å². The lowest BCUT2D eigenvalue weighted by Crippen LogP contribution is -2.41. The zero-order chi connectivity index (χ0) is 14.8. The third kappa shape index (κ3) is 3.26. The molecule has 1 aliphatic carbocycles. The standard InChI is InChI=1S/C15H16FN3O2/c16-11-3-1-10(2-4-11)9-19(12-5-6-12)15(21)13-7-8-14(20)18-17-13/h1-4,12H,5-9H2,(H,18,20). The van der Waals surface area contributed by atoms with Crippen molar-refractivity contribution in [2.24, 2.45) is 5.10 Å². The molecular formula is C15H16FN3O2. The molecule has 0 atom stereocenters. The van der Waals surface area contributed by atoms with E-state index < -0.39 is 0 Å². The van der Waals surface area contributed by atoms with Crippen LogP contribution in [0.25, 0.3) is 0 Å². The summed E-state index contributed by atoms with van der Waals surface area (Å²) in [6.07, 6.45) is 2.62. The maximum atomic E-state index is 12.9. The van der Waals surface area contributed by atoms with Gasteiger partial charge >= 0.3 is 0 Å². The van der Waals surface area contributed by atoms with Gasteiger partial charge in [0, 0.05) is 25.4 Å². The van der Waals surface area contributed by atoms with E-state index in [0.717, 1.165) is 18.4 Å². The molecule has 1 fully saturated rings. The second-order valence-corrected chi connectivity index (χ2v) is 5.38. The largest absolute Gasteiger partial charge is 0.330 e. The summed E-state index contributed by atoms with van der Waals surface area (Å²) in [6.45, 7) is 0.441. The number of nitrogens with zero attached hydrogens (tertiary/aromatic N) is 2. The van der Waals surface area contributed by atoms with Gasteiger partial charge < -0.3 is 4.90 Å². The predicted molar refractivity (Wildman–Crippen MR) is 74.8 cm³/mol. The van der Waals surface area contributed by atoms with Gasteiger partial charge in [0.25, 0.3) is 5.91 Å². The van der Waals surface area contributed by atoms with Crippen molar-refractivity contribution in [3.05, 3.63) is 35.6 Å². The first-order valence-electron chi connectivity index (χ1n) is 7.04. The predicted octanol–water partition coefficient (Wildman–Crippen LogP) is 1.58. The highest BCUT2D eigenvalue weighted by atomic mass is 19.1. The normalized spacial score (nSPS) is 18.0. The van der Waals surface area contributed by atoms with Gasteiger partial charge in [0.05, 0.1) is 0 Å². The number of amides is 2. The molecule has 1 aromatic rings. The summed E-state index contributed by atoms with van der Waals surface area (Å²) in [5.74, 6) is -0.590. The number of halogens is 1. The Labute approximate surface area is 121 Å². The van der Waals surface area contributed by atoms with E-state index in [1.807, 2.05) is 0 Å². The Morgan fingerprint density at radius 3 is 2.57 bits per heavy atom. The highest BCUT2D eigenvalue weighted by Gasteiger charge is 2.35. The Balaban J connectivity index is 1.73. The fraction of sp³-hybridized carbons (Fsp3) is 0.400. The summed E-state index contributed by atoms with van der Waals surface area (Å²) in [4.78, 5) is 25.4. The van der Waals surface area contributed by atoms with Gasteiger partial charge in [-0.2, -0.15) is 5.10 Å². The molecule has 1 aliphatic heterocycles. The zero-order valence-corrected chi connectivity index (χ0v) is 11.5. The van der Waals surface area contributed by atoms with Crippen molar-refractivity contribution in [2.75, 3.05) is 0 Å². The van der Waals surface area contributed by atoms with Gasteiger partial charge in [0.2, 0.25) is 5.91 Å². The van der Waals surface area contributed by atoms with Gasteiger partial charge in [-0.05, 0) is 30.5 Å². The molecule has 1 aromatic carbocycles. The summed E-state index contributed by atoms with van der Waals surface area (Å²) < 4.78 is 12.9. The van der Waals surface area contributed by atoms with Crippen LogP contribution in [0.2, 0.25) is 0 Å². The summed E-state index contributed by atoms with van der Waals surface area (Å²) in [7, 11) is 0. The van der Waals surface area contributed by atoms with Crippen LogP contribution in [0.3, 0.4) is 0 Å². The topological polar surface area (TPSA) is 61.8 Å². The fourth-order valence-electron chi connectivity index (χ4n) is 2.33. The van der Waals surface area contributed by atoms with Crippen LogP contribution >= 0.6 is 0 Å². The van der Waals surface area contributed by atoms with Crippen molar-refractivity contribution in [1.29, 1.82) is 0 Å². The molecule has 2 aliphatic rings. The van der Waals surface area contributed by atoms with Crippen LogP contribution in [-0.2, 0) is 16.1 Å². The summed E-state index contributed by atoms with van der Waals surface area (Å²) in [5.41, 5.74) is 3.63. The number of hydrazone groups is 1. The molecule has 0 aromatic heterocycles. The molecule has 0 spiro atoms. The van der Waals surface area contributed by atoms with Gasteiger partial charge in [-0.1, -0.05) is 12.1 Å². The Bertz CT molecular complexity index is 593. The molecule has 0 radical (unpaired) electrons. The molecule has 1 heterocycles. The van der Waals surface area contributed by atoms with Crippen LogP contribution < -0.4 is 5.43 Å². The smallest absolute Gasteiger partial charge is 0.270 e. The van der Waals surface area contributed by atoms with E-state index in [0.29, 0.717) is 25.1 Å². The molecule has 1 saturated carbocycles. The maximum absolute atomic E-state index is 12.9. The summed E-state index contributed by atoms with van der Waals surface area (Å²) in [6, 6.07) is 6.38. The van der Waals surface area contributed by atoms with Crippen LogP contribution in [-0.4, -0.2) is 28.5 Å². The number of benzene rings is 1. The number of hydrogen-bond donors (Lipinski definition) is 1. The van der Waals surface area contributed by atoms with Crippen LogP contribution in [0.1, 0.15) is 31.2 Å². The zero-order valence-electron chi connectivity index (χ0n) is 11.5. The highest BCUT2D eigenvalue weighted by Crippen LogP contribution is 2.29. The second-order valence-electron chi connectivity index (χ2n) is 5.38. The third-order valence-electron chi connectivity index (χ3n) is 3.67. The first-order chi connectivity index (χ1) is 10.1. The van der Waals surface area contributed by atoms with Crippen LogP contribution in [0.5, 0.6) is 0 Å². The quantitative estimate of drug-likeness (QED) is 0.915. The van der Waals surface area contributed by atoms with Crippen LogP contribution in [0, 0.1) is 5.82 Å². The number of nitrogens with one attached hydrogen (secondary N) is 1. The monoisotopic (exact) mass is 289 g/mol. The minimum absolute atomic E-state index is 0.137. The lowest BCUT2D eigenvalue weighted by atomic mass is 10.1. The summed E-state index contributed by atoms with van der Waals surface area (Å²) >= 11 is 0. The third-order valence-corrected chi connectivity index (χ3v) is 3.67. The van der Waals surface area contributed by atoms with Crippen molar-refractivity contribution >= 4 is 17.5 Å². The Morgan fingerprint density at radius 1 is 1.29 bits per heavy atom. The fourth-order valence-corrected chi connectivity index (χ4v) is 2.33. The van der Waals surface area contributed by atoms with E-state index in [-0.39, 0.29) is 23.7 Å². The molecule has 110 valence electrons. The van der Waals surface area contributed by atoms with E-state index in [4.69, 9.17) is 0 Å². The Hall–Kier alpha value is -2.24. The average molecular weight is 289 g/mol. The van der Waals surface area contributed by atoms with Gasteiger partial charge in [0.1, 0.15) is 11.5 Å². The van der Waals surface area contributed by atoms with Crippen LogP contribution in [0.4, 0.5) is 4.39 Å². The van der Waals surface area contributed by atoms with E-state index >= 15 is 0 Å². The lowest BCUT2D eigenvalue weighted by molar-refractivity contribution is -0.125. The number of rotatable bonds is 4. The number of carbonyl (C=O) groups excluding carboxylic acids is 2. The average Bonchev–Trinajstić information content (AvgIpc) is 3.31. The second kappa shape index (κ2) is 5.63. The van der Waals surface area contributed by atoms with Gasteiger partial charge in [-0.15, -0.1) is 0 Å². The van der Waals surface area contributed by atoms with Gasteiger partial charge in [-0.25, -0.2) is 9.82 Å². The molecule has 0 saturated heterocycles. The molecular weight excluding hydrogens is 273 g/mol. The van der Waals surface area contributed by atoms with E-state index in [1.165, 1.54) is 12.1 Å². The first kappa shape index (κ1) is 13.7. The molecule has 6 heteroatoms. The summed E-state index contributed by atoms with van der Waals surface area (Å²) in [5, 5.41) is 3.86. The molecule has 0 unspecified atom stereocenters. The van der Waals surface area contributed by atoms with Crippen molar-refractivity contribution < 1.29 is 14.0 Å². The molecule has 5 nitrogen and oxygen atoms in total. The van der Waals surface area contributed by atoms with Crippen molar-refractivity contribution in [3.8, 4) is 0 Å². The molecule has 2 amide bonds. The molecule has 1 N–H and O–H groups in total. The van der Waals surface area contributed by atoms with Crippen molar-refractivity contribution in [1.82, 2.24) is 10.3 Å². The maximum Gasteiger partial charge on any atom is 0.270 e. The molecule has 3 rings (SSSR count). The minimum Gasteiger partial charge on any atom is -0.330 e. The van der Waals surface area contributed by atoms with E-state index in [1.54, 1.807) is 17.0 Å². The lowest BCUT2D eigenvalue weighted by Gasteiger charge is -2.24. The first-order valence-corrected chi connectivity index (χ1v) is 7.04. The van der Waals surface area contributed by atoms with E-state index in [9.17, 15) is 14.0 Å². The number of carbonyl (C=O) groups is 2. The SMILES string of the molecule is O=C1CCC(C(=O)N(Cc2ccc(F)cc2)C2CC2)=NN1. The minimum atomic E-state index is -0.289. The van der Waals surface area contributed by atoms with E-state index in [2.05, 4.69) is 10.5 Å². The Morgan fingerprint density at radius 2 is 2.00 bits per heavy atom. The van der Waals surface area contributed by atoms with Gasteiger partial charge in [-0.3, -0.25) is 9.59 Å². The number of hydrogen-bond acceptors (Lipinski definition) is 3.